The number of ether oxygens (including phenoxy) is 1. The Morgan fingerprint density at radius 3 is 2.43 bits per heavy atom. The molecule has 0 aliphatic carbocycles. The SMILES string of the molecule is COc1ccccc1N(C)S(=O)(=O)c1ccc(C(=O)NCc2cccs2)cc1. The summed E-state index contributed by atoms with van der Waals surface area (Å²) < 4.78 is 32.3. The third-order valence-corrected chi connectivity index (χ3v) is 6.86. The van der Waals surface area contributed by atoms with Crippen molar-refractivity contribution in [2.75, 3.05) is 18.5 Å². The molecule has 0 unspecified atom stereocenters. The van der Waals surface area contributed by atoms with Crippen molar-refractivity contribution in [3.63, 3.8) is 0 Å². The van der Waals surface area contributed by atoms with Crippen molar-refractivity contribution in [3.05, 3.63) is 76.5 Å². The second-order valence-electron chi connectivity index (χ2n) is 5.93. The van der Waals surface area contributed by atoms with Crippen LogP contribution in [0.25, 0.3) is 0 Å². The molecule has 146 valence electrons. The maximum atomic E-state index is 12.9. The van der Waals surface area contributed by atoms with E-state index in [0.717, 1.165) is 9.18 Å². The third-order valence-electron chi connectivity index (χ3n) is 4.20. The zero-order valence-corrected chi connectivity index (χ0v) is 17.1. The quantitative estimate of drug-likeness (QED) is 0.640. The summed E-state index contributed by atoms with van der Waals surface area (Å²) in [5, 5.41) is 4.76. The first kappa shape index (κ1) is 19.9. The Morgan fingerprint density at radius 1 is 1.07 bits per heavy atom. The van der Waals surface area contributed by atoms with Crippen molar-refractivity contribution in [3.8, 4) is 5.75 Å². The number of amides is 1. The zero-order valence-electron chi connectivity index (χ0n) is 15.5. The molecule has 0 saturated carbocycles. The average Bonchev–Trinajstić information content (AvgIpc) is 3.25. The van der Waals surface area contributed by atoms with E-state index in [4.69, 9.17) is 4.74 Å². The van der Waals surface area contributed by atoms with Gasteiger partial charge in [0, 0.05) is 17.5 Å². The van der Waals surface area contributed by atoms with E-state index in [0.29, 0.717) is 23.5 Å². The lowest BCUT2D eigenvalue weighted by molar-refractivity contribution is 0.0951. The lowest BCUT2D eigenvalue weighted by Crippen LogP contribution is -2.27. The Morgan fingerprint density at radius 2 is 1.79 bits per heavy atom. The molecule has 0 atom stereocenters. The summed E-state index contributed by atoms with van der Waals surface area (Å²) in [7, 11) is -0.835. The van der Waals surface area contributed by atoms with Gasteiger partial charge in [0.2, 0.25) is 0 Å². The van der Waals surface area contributed by atoms with Crippen LogP contribution >= 0.6 is 11.3 Å². The van der Waals surface area contributed by atoms with Crippen LogP contribution in [-0.4, -0.2) is 28.5 Å². The van der Waals surface area contributed by atoms with Crippen molar-refractivity contribution < 1.29 is 17.9 Å². The molecule has 0 saturated heterocycles. The molecule has 6 nitrogen and oxygen atoms in total. The number of hydrogen-bond donors (Lipinski definition) is 1. The van der Waals surface area contributed by atoms with Crippen LogP contribution in [0.2, 0.25) is 0 Å². The first-order chi connectivity index (χ1) is 13.4. The molecule has 1 N–H and O–H groups in total. The molecule has 3 rings (SSSR count). The van der Waals surface area contributed by atoms with Crippen molar-refractivity contribution in [1.82, 2.24) is 5.32 Å². The fraction of sp³-hybridized carbons (Fsp3) is 0.150. The number of carbonyl (C=O) groups excluding carboxylic acids is 1. The second kappa shape index (κ2) is 8.45. The van der Waals surface area contributed by atoms with E-state index >= 15 is 0 Å². The minimum absolute atomic E-state index is 0.0933. The Labute approximate surface area is 168 Å². The summed E-state index contributed by atoms with van der Waals surface area (Å²) in [6.45, 7) is 0.438. The molecule has 1 aromatic heterocycles. The highest BCUT2D eigenvalue weighted by Crippen LogP contribution is 2.30. The highest BCUT2D eigenvalue weighted by atomic mass is 32.2. The number of nitrogens with zero attached hydrogens (tertiary/aromatic N) is 1. The summed E-state index contributed by atoms with van der Waals surface area (Å²) in [6.07, 6.45) is 0. The predicted molar refractivity (Wildman–Crippen MR) is 111 cm³/mol. The maximum Gasteiger partial charge on any atom is 0.264 e. The minimum Gasteiger partial charge on any atom is -0.495 e. The minimum atomic E-state index is -3.79. The van der Waals surface area contributed by atoms with E-state index in [9.17, 15) is 13.2 Å². The van der Waals surface area contributed by atoms with Crippen LogP contribution in [0.1, 0.15) is 15.2 Å². The smallest absolute Gasteiger partial charge is 0.264 e. The van der Waals surface area contributed by atoms with Gasteiger partial charge in [-0.05, 0) is 47.8 Å². The lowest BCUT2D eigenvalue weighted by Gasteiger charge is -2.21. The Kier molecular flexibility index (Phi) is 6.01. The average molecular weight is 417 g/mol. The highest BCUT2D eigenvalue weighted by Gasteiger charge is 2.23. The van der Waals surface area contributed by atoms with Crippen LogP contribution in [0.3, 0.4) is 0 Å². The Hall–Kier alpha value is -2.84. The first-order valence-corrected chi connectivity index (χ1v) is 10.8. The number of methoxy groups -OCH3 is 1. The molecule has 0 spiro atoms. The molecule has 1 amide bonds. The van der Waals surface area contributed by atoms with Crippen LogP contribution in [0.15, 0.2) is 70.9 Å². The van der Waals surface area contributed by atoms with Crippen molar-refractivity contribution in [2.45, 2.75) is 11.4 Å². The standard InChI is InChI=1S/C20H20N2O4S2/c1-22(18-7-3-4-8-19(18)26-2)28(24,25)17-11-9-15(10-12-17)20(23)21-14-16-6-5-13-27-16/h3-13H,14H2,1-2H3,(H,21,23). The highest BCUT2D eigenvalue weighted by molar-refractivity contribution is 7.92. The molecule has 0 bridgehead atoms. The molecule has 2 aromatic carbocycles. The van der Waals surface area contributed by atoms with Crippen LogP contribution in [-0.2, 0) is 16.6 Å². The van der Waals surface area contributed by atoms with Crippen molar-refractivity contribution >= 4 is 33.0 Å². The fourth-order valence-electron chi connectivity index (χ4n) is 2.64. The molecule has 1 heterocycles. The molecule has 0 aliphatic heterocycles. The summed E-state index contributed by atoms with van der Waals surface area (Å²) in [4.78, 5) is 13.4. The van der Waals surface area contributed by atoms with Gasteiger partial charge in [0.25, 0.3) is 15.9 Å². The molecule has 8 heteroatoms. The maximum absolute atomic E-state index is 12.9. The zero-order chi connectivity index (χ0) is 20.1. The van der Waals surface area contributed by atoms with Gasteiger partial charge in [-0.25, -0.2) is 8.42 Å². The number of hydrogen-bond acceptors (Lipinski definition) is 5. The summed E-state index contributed by atoms with van der Waals surface area (Å²) in [5.41, 5.74) is 0.832. The number of para-hydroxylation sites is 2. The number of carbonyl (C=O) groups is 1. The Balaban J connectivity index is 1.76. The first-order valence-electron chi connectivity index (χ1n) is 8.46. The van der Waals surface area contributed by atoms with Gasteiger partial charge >= 0.3 is 0 Å². The Bertz CT molecular complexity index is 1050. The summed E-state index contributed by atoms with van der Waals surface area (Å²) in [6, 6.07) is 16.6. The largest absolute Gasteiger partial charge is 0.495 e. The number of sulfonamides is 1. The van der Waals surface area contributed by atoms with Gasteiger partial charge in [0.1, 0.15) is 5.75 Å². The van der Waals surface area contributed by atoms with Gasteiger partial charge < -0.3 is 10.1 Å². The number of anilines is 1. The van der Waals surface area contributed by atoms with Gasteiger partial charge in [-0.2, -0.15) is 0 Å². The van der Waals surface area contributed by atoms with Crippen molar-refractivity contribution in [2.24, 2.45) is 0 Å². The molecule has 0 aliphatic rings. The molecule has 3 aromatic rings. The van der Waals surface area contributed by atoms with Crippen LogP contribution in [0.4, 0.5) is 5.69 Å². The van der Waals surface area contributed by atoms with E-state index in [1.54, 1.807) is 35.6 Å². The second-order valence-corrected chi connectivity index (χ2v) is 8.93. The molecular formula is C20H20N2O4S2. The molecule has 0 fully saturated rings. The topological polar surface area (TPSA) is 75.7 Å². The number of benzene rings is 2. The van der Waals surface area contributed by atoms with Gasteiger partial charge in [-0.1, -0.05) is 18.2 Å². The van der Waals surface area contributed by atoms with E-state index in [1.807, 2.05) is 17.5 Å². The van der Waals surface area contributed by atoms with Gasteiger partial charge in [-0.15, -0.1) is 11.3 Å². The number of thiophene rings is 1. The number of nitrogens with one attached hydrogen (secondary N) is 1. The van der Waals surface area contributed by atoms with Crippen LogP contribution in [0.5, 0.6) is 5.75 Å². The lowest BCUT2D eigenvalue weighted by atomic mass is 10.2. The third kappa shape index (κ3) is 4.18. The van der Waals surface area contributed by atoms with E-state index < -0.39 is 10.0 Å². The molecule has 28 heavy (non-hydrogen) atoms. The number of rotatable bonds is 7. The molecular weight excluding hydrogens is 396 g/mol. The summed E-state index contributed by atoms with van der Waals surface area (Å²) >= 11 is 1.56. The monoisotopic (exact) mass is 416 g/mol. The normalized spacial score (nSPS) is 11.1. The van der Waals surface area contributed by atoms with Gasteiger partial charge in [-0.3, -0.25) is 9.10 Å². The van der Waals surface area contributed by atoms with Gasteiger partial charge in [0.05, 0.1) is 24.2 Å². The van der Waals surface area contributed by atoms with E-state index in [2.05, 4.69) is 5.32 Å². The van der Waals surface area contributed by atoms with E-state index in [1.165, 1.54) is 38.4 Å². The fourth-order valence-corrected chi connectivity index (χ4v) is 4.49. The summed E-state index contributed by atoms with van der Waals surface area (Å²) in [5.74, 6) is 0.202. The van der Waals surface area contributed by atoms with Crippen LogP contribution < -0.4 is 14.4 Å². The molecule has 0 radical (unpaired) electrons. The van der Waals surface area contributed by atoms with Crippen molar-refractivity contribution in [1.29, 1.82) is 0 Å². The van der Waals surface area contributed by atoms with Gasteiger partial charge in [0.15, 0.2) is 0 Å². The predicted octanol–water partition coefficient (Wildman–Crippen LogP) is 3.51. The van der Waals surface area contributed by atoms with E-state index in [-0.39, 0.29) is 10.8 Å². The van der Waals surface area contributed by atoms with Crippen LogP contribution in [0, 0.1) is 0 Å².